The van der Waals surface area contributed by atoms with Gasteiger partial charge in [-0.25, -0.2) is 0 Å². The number of benzene rings is 2. The van der Waals surface area contributed by atoms with Gasteiger partial charge in [0.15, 0.2) is 0 Å². The highest BCUT2D eigenvalue weighted by atomic mass is 16.5. The molecule has 1 amide bonds. The lowest BCUT2D eigenvalue weighted by molar-refractivity contribution is 0.0274. The summed E-state index contributed by atoms with van der Waals surface area (Å²) in [4.78, 5) is 14.5. The fourth-order valence-electron chi connectivity index (χ4n) is 4.73. The van der Waals surface area contributed by atoms with E-state index in [9.17, 15) is 4.79 Å². The van der Waals surface area contributed by atoms with Crippen LogP contribution in [-0.4, -0.2) is 51.2 Å². The van der Waals surface area contributed by atoms with E-state index in [0.717, 1.165) is 50.4 Å². The largest absolute Gasteiger partial charge is 0.497 e. The molecule has 0 saturated carbocycles. The van der Waals surface area contributed by atoms with Gasteiger partial charge < -0.3 is 19.7 Å². The van der Waals surface area contributed by atoms with E-state index in [2.05, 4.69) is 40.5 Å². The van der Waals surface area contributed by atoms with Crippen molar-refractivity contribution in [2.75, 3.05) is 40.4 Å². The molecule has 2 aromatic rings. The average Bonchev–Trinajstić information content (AvgIpc) is 2.82. The average molecular weight is 409 g/mol. The Labute approximate surface area is 179 Å². The van der Waals surface area contributed by atoms with Crippen molar-refractivity contribution in [2.45, 2.75) is 37.7 Å². The van der Waals surface area contributed by atoms with Gasteiger partial charge in [-0.05, 0) is 85.6 Å². The Morgan fingerprint density at radius 3 is 2.63 bits per heavy atom. The zero-order valence-corrected chi connectivity index (χ0v) is 18.0. The van der Waals surface area contributed by atoms with Crippen LogP contribution in [0.25, 0.3) is 0 Å². The number of hydrogen-bond donors (Lipinski definition) is 1. The van der Waals surface area contributed by atoms with Gasteiger partial charge in [-0.1, -0.05) is 18.2 Å². The predicted molar refractivity (Wildman–Crippen MR) is 118 cm³/mol. The summed E-state index contributed by atoms with van der Waals surface area (Å²) < 4.78 is 11.4. The van der Waals surface area contributed by atoms with Crippen molar-refractivity contribution in [1.29, 1.82) is 0 Å². The lowest BCUT2D eigenvalue weighted by atomic mass is 9.89. The Kier molecular flexibility index (Phi) is 6.70. The molecule has 0 bridgehead atoms. The summed E-state index contributed by atoms with van der Waals surface area (Å²) in [7, 11) is 3.38. The third kappa shape index (κ3) is 4.68. The molecule has 30 heavy (non-hydrogen) atoms. The van der Waals surface area contributed by atoms with Gasteiger partial charge in [-0.15, -0.1) is 0 Å². The molecule has 5 nitrogen and oxygen atoms in total. The number of likely N-dealkylation sites (tertiary alicyclic amines) is 1. The molecular formula is C25H32N2O3. The van der Waals surface area contributed by atoms with Gasteiger partial charge in [0, 0.05) is 19.2 Å². The van der Waals surface area contributed by atoms with Gasteiger partial charge in [-0.3, -0.25) is 4.79 Å². The van der Waals surface area contributed by atoms with Crippen LogP contribution in [0.1, 0.15) is 58.3 Å². The van der Waals surface area contributed by atoms with Crippen LogP contribution in [0.4, 0.5) is 0 Å². The first-order valence-electron chi connectivity index (χ1n) is 11.0. The lowest BCUT2D eigenvalue weighted by Crippen LogP contribution is -2.34. The molecule has 2 heterocycles. The summed E-state index contributed by atoms with van der Waals surface area (Å²) in [6, 6.07) is 14.6. The second-order valence-corrected chi connectivity index (χ2v) is 8.28. The molecule has 5 heteroatoms. The summed E-state index contributed by atoms with van der Waals surface area (Å²) >= 11 is 0. The third-order valence-electron chi connectivity index (χ3n) is 6.55. The molecule has 0 spiro atoms. The SMILES string of the molecule is CNC(=O)c1ccc2c(c1)CCO[C@H]2CCN1CCC(c2ccc(OC)cc2)CC1. The Morgan fingerprint density at radius 2 is 1.93 bits per heavy atom. The van der Waals surface area contributed by atoms with Crippen molar-refractivity contribution in [1.82, 2.24) is 10.2 Å². The second kappa shape index (κ2) is 9.63. The number of methoxy groups -OCH3 is 1. The molecule has 1 atom stereocenters. The van der Waals surface area contributed by atoms with Crippen LogP contribution >= 0.6 is 0 Å². The molecule has 1 fully saturated rings. The first-order chi connectivity index (χ1) is 14.7. The molecular weight excluding hydrogens is 376 g/mol. The first kappa shape index (κ1) is 20.9. The minimum absolute atomic E-state index is 0.0272. The zero-order chi connectivity index (χ0) is 20.9. The van der Waals surface area contributed by atoms with Crippen LogP contribution < -0.4 is 10.1 Å². The van der Waals surface area contributed by atoms with Crippen molar-refractivity contribution in [3.05, 3.63) is 64.7 Å². The van der Waals surface area contributed by atoms with Crippen LogP contribution in [-0.2, 0) is 11.2 Å². The minimum Gasteiger partial charge on any atom is -0.497 e. The molecule has 160 valence electrons. The summed E-state index contributed by atoms with van der Waals surface area (Å²) in [5, 5.41) is 2.71. The number of rotatable bonds is 6. The van der Waals surface area contributed by atoms with E-state index < -0.39 is 0 Å². The Hall–Kier alpha value is -2.37. The van der Waals surface area contributed by atoms with Gasteiger partial charge in [0.2, 0.25) is 0 Å². The topological polar surface area (TPSA) is 50.8 Å². The van der Waals surface area contributed by atoms with Gasteiger partial charge in [-0.2, -0.15) is 0 Å². The maximum absolute atomic E-state index is 11.9. The molecule has 2 aromatic carbocycles. The Balaban J connectivity index is 1.30. The number of amides is 1. The van der Waals surface area contributed by atoms with Crippen molar-refractivity contribution in [3.63, 3.8) is 0 Å². The van der Waals surface area contributed by atoms with Gasteiger partial charge in [0.25, 0.3) is 5.91 Å². The standard InChI is InChI=1S/C25H32N2O3/c1-26-25(28)21-5-8-23-20(17-21)12-16-30-24(23)11-15-27-13-9-19(10-14-27)18-3-6-22(29-2)7-4-18/h3-8,17,19,24H,9-16H2,1-2H3,(H,26,28)/t24-/m0/s1. The first-order valence-corrected chi connectivity index (χ1v) is 11.0. The lowest BCUT2D eigenvalue weighted by Gasteiger charge is -2.34. The van der Waals surface area contributed by atoms with Crippen LogP contribution in [0.3, 0.4) is 0 Å². The number of nitrogens with one attached hydrogen (secondary N) is 1. The fraction of sp³-hybridized carbons (Fsp3) is 0.480. The number of ether oxygens (including phenoxy) is 2. The molecule has 4 rings (SSSR count). The molecule has 1 N–H and O–H groups in total. The third-order valence-corrected chi connectivity index (χ3v) is 6.55. The monoisotopic (exact) mass is 408 g/mol. The number of carbonyl (C=O) groups is 1. The van der Waals surface area contributed by atoms with Crippen molar-refractivity contribution in [2.24, 2.45) is 0 Å². The van der Waals surface area contributed by atoms with Crippen LogP contribution in [0.15, 0.2) is 42.5 Å². The van der Waals surface area contributed by atoms with E-state index in [4.69, 9.17) is 9.47 Å². The zero-order valence-electron chi connectivity index (χ0n) is 18.0. The van der Waals surface area contributed by atoms with E-state index in [1.165, 1.54) is 29.5 Å². The Morgan fingerprint density at radius 1 is 1.17 bits per heavy atom. The van der Waals surface area contributed by atoms with Crippen LogP contribution in [0, 0.1) is 0 Å². The van der Waals surface area contributed by atoms with Crippen LogP contribution in [0.2, 0.25) is 0 Å². The normalized spacial score (nSPS) is 19.9. The van der Waals surface area contributed by atoms with Crippen molar-refractivity contribution >= 4 is 5.91 Å². The summed E-state index contributed by atoms with van der Waals surface area (Å²) in [6.07, 6.45) is 4.41. The molecule has 0 aromatic heterocycles. The molecule has 2 aliphatic rings. The second-order valence-electron chi connectivity index (χ2n) is 8.28. The molecule has 0 radical (unpaired) electrons. The van der Waals surface area contributed by atoms with Crippen LogP contribution in [0.5, 0.6) is 5.75 Å². The van der Waals surface area contributed by atoms with Crippen molar-refractivity contribution in [3.8, 4) is 5.75 Å². The Bertz CT molecular complexity index is 857. The van der Waals surface area contributed by atoms with E-state index in [1.807, 2.05) is 12.1 Å². The molecule has 0 unspecified atom stereocenters. The summed E-state index contributed by atoms with van der Waals surface area (Å²) in [5.74, 6) is 1.54. The molecule has 1 saturated heterocycles. The molecule has 2 aliphatic heterocycles. The number of fused-ring (bicyclic) bond motifs is 1. The minimum atomic E-state index is -0.0272. The predicted octanol–water partition coefficient (Wildman–Crippen LogP) is 3.94. The van der Waals surface area contributed by atoms with E-state index in [1.54, 1.807) is 14.2 Å². The van der Waals surface area contributed by atoms with Crippen molar-refractivity contribution < 1.29 is 14.3 Å². The fourth-order valence-corrected chi connectivity index (χ4v) is 4.73. The van der Waals surface area contributed by atoms with E-state index >= 15 is 0 Å². The maximum atomic E-state index is 11.9. The molecule has 0 aliphatic carbocycles. The number of piperidine rings is 1. The van der Waals surface area contributed by atoms with E-state index in [0.29, 0.717) is 5.92 Å². The van der Waals surface area contributed by atoms with Gasteiger partial charge in [0.05, 0.1) is 19.8 Å². The van der Waals surface area contributed by atoms with Gasteiger partial charge >= 0.3 is 0 Å². The summed E-state index contributed by atoms with van der Waals surface area (Å²) in [6.45, 7) is 4.04. The number of carbonyl (C=O) groups excluding carboxylic acids is 1. The maximum Gasteiger partial charge on any atom is 0.251 e. The number of hydrogen-bond acceptors (Lipinski definition) is 4. The van der Waals surface area contributed by atoms with E-state index in [-0.39, 0.29) is 12.0 Å². The highest BCUT2D eigenvalue weighted by Crippen LogP contribution is 2.33. The number of nitrogens with zero attached hydrogens (tertiary/aromatic N) is 1. The summed E-state index contributed by atoms with van der Waals surface area (Å²) in [5.41, 5.74) is 4.66. The quantitative estimate of drug-likeness (QED) is 0.787. The smallest absolute Gasteiger partial charge is 0.251 e. The van der Waals surface area contributed by atoms with Gasteiger partial charge in [0.1, 0.15) is 5.75 Å². The highest BCUT2D eigenvalue weighted by Gasteiger charge is 2.25. The highest BCUT2D eigenvalue weighted by molar-refractivity contribution is 5.94.